The molecule has 3 saturated heterocycles. The van der Waals surface area contributed by atoms with Gasteiger partial charge in [-0.1, -0.05) is 30.3 Å². The smallest absolute Gasteiger partial charge is 0.345 e. The van der Waals surface area contributed by atoms with Gasteiger partial charge in [-0.05, 0) is 80.9 Å². The number of piperidine rings is 3. The minimum Gasteiger partial charge on any atom is -0.345 e. The van der Waals surface area contributed by atoms with Crippen LogP contribution in [-0.2, 0) is 15.8 Å². The standard InChI is InChI=1S/C32H38F4N4O3/c1-38-14-10-22(11-15-38)28(37-29(42)24-18-23(32(34,35)36)8-9-26(24)33)30(43)40-16-12-31(13-17-40)19-27(41)39(2)20-25(31)21-6-4-3-5-7-21/h3-9,18,22,25,28H,10-17,19-20H2,1-2H3,(H,37,42)/t25?,28-/m1/s1. The Morgan fingerprint density at radius 3 is 2.26 bits per heavy atom. The minimum atomic E-state index is -4.75. The average Bonchev–Trinajstić information content (AvgIpc) is 2.98. The minimum absolute atomic E-state index is 0.0755. The number of hydrogen-bond acceptors (Lipinski definition) is 4. The lowest BCUT2D eigenvalue weighted by molar-refractivity contribution is -0.143. The van der Waals surface area contributed by atoms with Crippen molar-refractivity contribution >= 4 is 17.7 Å². The van der Waals surface area contributed by atoms with Crippen molar-refractivity contribution in [1.82, 2.24) is 20.0 Å². The van der Waals surface area contributed by atoms with Crippen molar-refractivity contribution < 1.29 is 31.9 Å². The molecule has 1 unspecified atom stereocenters. The Bertz CT molecular complexity index is 1340. The third-order valence-corrected chi connectivity index (χ3v) is 9.72. The normalized spacial score (nSPS) is 22.5. The summed E-state index contributed by atoms with van der Waals surface area (Å²) < 4.78 is 54.5. The number of likely N-dealkylation sites (tertiary alicyclic amines) is 3. The third-order valence-electron chi connectivity index (χ3n) is 9.72. The van der Waals surface area contributed by atoms with Crippen LogP contribution in [0.15, 0.2) is 48.5 Å². The summed E-state index contributed by atoms with van der Waals surface area (Å²) >= 11 is 0. The summed E-state index contributed by atoms with van der Waals surface area (Å²) in [5.41, 5.74) is -1.03. The van der Waals surface area contributed by atoms with Gasteiger partial charge in [-0.15, -0.1) is 0 Å². The molecule has 232 valence electrons. The van der Waals surface area contributed by atoms with E-state index < -0.39 is 35.1 Å². The van der Waals surface area contributed by atoms with Gasteiger partial charge >= 0.3 is 6.18 Å². The van der Waals surface area contributed by atoms with E-state index in [1.165, 1.54) is 0 Å². The molecule has 0 bridgehead atoms. The molecule has 0 aliphatic carbocycles. The van der Waals surface area contributed by atoms with Crippen molar-refractivity contribution in [3.05, 3.63) is 71.0 Å². The summed E-state index contributed by atoms with van der Waals surface area (Å²) in [5, 5.41) is 2.64. The van der Waals surface area contributed by atoms with Crippen LogP contribution in [0.4, 0.5) is 17.6 Å². The number of hydrogen-bond donors (Lipinski definition) is 1. The first kappa shape index (κ1) is 31.0. The van der Waals surface area contributed by atoms with E-state index in [1.807, 2.05) is 32.3 Å². The number of halogens is 4. The van der Waals surface area contributed by atoms with Gasteiger partial charge in [0.2, 0.25) is 11.8 Å². The lowest BCUT2D eigenvalue weighted by Crippen LogP contribution is -2.58. The van der Waals surface area contributed by atoms with Crippen molar-refractivity contribution in [1.29, 1.82) is 0 Å². The first-order chi connectivity index (χ1) is 20.4. The van der Waals surface area contributed by atoms with Gasteiger partial charge in [0.15, 0.2) is 0 Å². The van der Waals surface area contributed by atoms with Crippen molar-refractivity contribution in [3.63, 3.8) is 0 Å². The number of carbonyl (C=O) groups excluding carboxylic acids is 3. The predicted octanol–water partition coefficient (Wildman–Crippen LogP) is 4.54. The molecule has 0 aromatic heterocycles. The first-order valence-electron chi connectivity index (χ1n) is 14.8. The molecule has 2 aromatic carbocycles. The van der Waals surface area contributed by atoms with E-state index in [2.05, 4.69) is 22.3 Å². The van der Waals surface area contributed by atoms with Crippen LogP contribution >= 0.6 is 0 Å². The average molecular weight is 603 g/mol. The van der Waals surface area contributed by atoms with Crippen LogP contribution < -0.4 is 5.32 Å². The Balaban J connectivity index is 1.36. The number of amides is 3. The van der Waals surface area contributed by atoms with Crippen molar-refractivity contribution in [2.24, 2.45) is 11.3 Å². The molecule has 0 radical (unpaired) electrons. The van der Waals surface area contributed by atoms with Crippen LogP contribution in [0, 0.1) is 17.2 Å². The maximum atomic E-state index is 14.6. The van der Waals surface area contributed by atoms with Crippen LogP contribution in [0.25, 0.3) is 0 Å². The molecule has 3 amide bonds. The molecule has 2 aromatic rings. The number of nitrogens with one attached hydrogen (secondary N) is 1. The van der Waals surface area contributed by atoms with Crippen LogP contribution in [-0.4, -0.2) is 85.3 Å². The summed E-state index contributed by atoms with van der Waals surface area (Å²) in [5.74, 6) is -2.51. The summed E-state index contributed by atoms with van der Waals surface area (Å²) in [4.78, 5) is 45.7. The molecule has 1 N–H and O–H groups in total. The summed E-state index contributed by atoms with van der Waals surface area (Å²) in [7, 11) is 3.77. The number of alkyl halides is 3. The molecule has 3 aliphatic rings. The van der Waals surface area contributed by atoms with Gasteiger partial charge < -0.3 is 20.0 Å². The highest BCUT2D eigenvalue weighted by Crippen LogP contribution is 2.50. The largest absolute Gasteiger partial charge is 0.416 e. The Morgan fingerprint density at radius 1 is 0.977 bits per heavy atom. The highest BCUT2D eigenvalue weighted by atomic mass is 19.4. The molecule has 5 rings (SSSR count). The van der Waals surface area contributed by atoms with Crippen molar-refractivity contribution in [3.8, 4) is 0 Å². The molecule has 2 atom stereocenters. The molecule has 3 fully saturated rings. The quantitative estimate of drug-likeness (QED) is 0.511. The van der Waals surface area contributed by atoms with E-state index in [0.29, 0.717) is 83.0 Å². The van der Waals surface area contributed by atoms with E-state index in [1.54, 1.807) is 9.80 Å². The zero-order valence-electron chi connectivity index (χ0n) is 24.5. The highest BCUT2D eigenvalue weighted by molar-refractivity contribution is 5.98. The zero-order chi connectivity index (χ0) is 30.9. The Hall–Kier alpha value is -3.47. The molecular weight excluding hydrogens is 564 g/mol. The van der Waals surface area contributed by atoms with Crippen molar-refractivity contribution in [2.75, 3.05) is 46.8 Å². The molecule has 0 saturated carbocycles. The Morgan fingerprint density at radius 2 is 1.63 bits per heavy atom. The van der Waals surface area contributed by atoms with Gasteiger partial charge in [-0.2, -0.15) is 13.2 Å². The fourth-order valence-electron chi connectivity index (χ4n) is 7.01. The van der Waals surface area contributed by atoms with Gasteiger partial charge in [0.1, 0.15) is 11.9 Å². The van der Waals surface area contributed by atoms with Crippen molar-refractivity contribution in [2.45, 2.75) is 50.2 Å². The summed E-state index contributed by atoms with van der Waals surface area (Å²) in [6.07, 6.45) is -1.94. The monoisotopic (exact) mass is 602 g/mol. The van der Waals surface area contributed by atoms with Gasteiger partial charge in [-0.3, -0.25) is 14.4 Å². The van der Waals surface area contributed by atoms with Crippen LogP contribution in [0.3, 0.4) is 0 Å². The Labute approximate surface area is 249 Å². The second-order valence-electron chi connectivity index (χ2n) is 12.4. The molecule has 3 heterocycles. The molecular formula is C32H38F4N4O3. The predicted molar refractivity (Wildman–Crippen MR) is 153 cm³/mol. The first-order valence-corrected chi connectivity index (χ1v) is 14.8. The van der Waals surface area contributed by atoms with Crippen LogP contribution in [0.2, 0.25) is 0 Å². The second-order valence-corrected chi connectivity index (χ2v) is 12.4. The number of nitrogens with zero attached hydrogens (tertiary/aromatic N) is 3. The maximum Gasteiger partial charge on any atom is 0.416 e. The number of likely N-dealkylation sites (N-methyl/N-ethyl adjacent to an activating group) is 1. The molecule has 7 nitrogen and oxygen atoms in total. The van der Waals surface area contributed by atoms with E-state index in [9.17, 15) is 31.9 Å². The van der Waals surface area contributed by atoms with Gasteiger partial charge in [-0.25, -0.2) is 4.39 Å². The molecule has 3 aliphatic heterocycles. The number of carbonyl (C=O) groups is 3. The SMILES string of the molecule is CN1CCC([C@@H](NC(=O)c2cc(C(F)(F)F)ccc2F)C(=O)N2CCC3(CC2)CC(=O)N(C)CC3c2ccccc2)CC1. The highest BCUT2D eigenvalue weighted by Gasteiger charge is 2.49. The summed E-state index contributed by atoms with van der Waals surface area (Å²) in [6, 6.07) is 10.8. The topological polar surface area (TPSA) is 73.0 Å². The van der Waals surface area contributed by atoms with Gasteiger partial charge in [0.25, 0.3) is 5.91 Å². The second kappa shape index (κ2) is 12.3. The number of benzene rings is 2. The number of rotatable bonds is 5. The maximum absolute atomic E-state index is 14.6. The zero-order valence-corrected chi connectivity index (χ0v) is 24.5. The molecule has 43 heavy (non-hydrogen) atoms. The van der Waals surface area contributed by atoms with Crippen LogP contribution in [0.5, 0.6) is 0 Å². The molecule has 1 spiro atoms. The summed E-state index contributed by atoms with van der Waals surface area (Å²) in [6.45, 7) is 2.75. The van der Waals surface area contributed by atoms with E-state index >= 15 is 0 Å². The van der Waals surface area contributed by atoms with Gasteiger partial charge in [0.05, 0.1) is 11.1 Å². The van der Waals surface area contributed by atoms with Crippen LogP contribution in [0.1, 0.15) is 59.5 Å². The van der Waals surface area contributed by atoms with E-state index in [4.69, 9.17) is 0 Å². The third kappa shape index (κ3) is 6.56. The van der Waals surface area contributed by atoms with Gasteiger partial charge in [0, 0.05) is 39.0 Å². The fourth-order valence-corrected chi connectivity index (χ4v) is 7.01. The van der Waals surface area contributed by atoms with E-state index in [0.717, 1.165) is 5.56 Å². The lowest BCUT2D eigenvalue weighted by atomic mass is 9.62. The fraction of sp³-hybridized carbons (Fsp3) is 0.531. The van der Waals surface area contributed by atoms with E-state index in [-0.39, 0.29) is 29.1 Å². The lowest BCUT2D eigenvalue weighted by Gasteiger charge is -2.51. The Kier molecular flexibility index (Phi) is 8.83. The molecule has 11 heteroatoms.